The number of aryl methyl sites for hydroxylation is 1. The average molecular weight is 429 g/mol. The fourth-order valence-corrected chi connectivity index (χ4v) is 4.72. The van der Waals surface area contributed by atoms with Crippen molar-refractivity contribution in [3.05, 3.63) is 64.7 Å². The van der Waals surface area contributed by atoms with Crippen molar-refractivity contribution in [3.8, 4) is 0 Å². The molecule has 2 aromatic rings. The van der Waals surface area contributed by atoms with E-state index >= 15 is 0 Å². The summed E-state index contributed by atoms with van der Waals surface area (Å²) < 4.78 is 52.8. The minimum absolute atomic E-state index is 0.0741. The molecule has 1 amide bonds. The van der Waals surface area contributed by atoms with E-state index in [0.717, 1.165) is 17.7 Å². The van der Waals surface area contributed by atoms with Crippen molar-refractivity contribution in [2.24, 2.45) is 0 Å². The van der Waals surface area contributed by atoms with Crippen LogP contribution in [-0.4, -0.2) is 49.7 Å². The quantitative estimate of drug-likeness (QED) is 0.735. The molecular weight excluding hydrogens is 410 g/mol. The van der Waals surface area contributed by atoms with E-state index in [1.165, 1.54) is 22.5 Å². The molecule has 1 aliphatic heterocycles. The van der Waals surface area contributed by atoms with Crippen LogP contribution >= 0.6 is 11.6 Å². The Hall–Kier alpha value is -2.03. The summed E-state index contributed by atoms with van der Waals surface area (Å²) in [7, 11) is -3.80. The molecule has 5 nitrogen and oxygen atoms in total. The third-order valence-electron chi connectivity index (χ3n) is 4.66. The zero-order chi connectivity index (χ0) is 20.3. The Morgan fingerprint density at radius 1 is 1.00 bits per heavy atom. The number of amides is 1. The average Bonchev–Trinajstić information content (AvgIpc) is 2.69. The summed E-state index contributed by atoms with van der Waals surface area (Å²) >= 11 is 5.69. The normalized spacial score (nSPS) is 15.6. The Bertz CT molecular complexity index is 960. The Kier molecular flexibility index (Phi) is 6.32. The summed E-state index contributed by atoms with van der Waals surface area (Å²) in [4.78, 5) is 13.9. The Morgan fingerprint density at radius 2 is 1.64 bits per heavy atom. The first kappa shape index (κ1) is 20.7. The van der Waals surface area contributed by atoms with E-state index in [0.29, 0.717) is 6.42 Å². The number of halogens is 3. The smallest absolute Gasteiger partial charge is 0.243 e. The van der Waals surface area contributed by atoms with Crippen LogP contribution in [0.3, 0.4) is 0 Å². The lowest BCUT2D eigenvalue weighted by Crippen LogP contribution is -2.50. The van der Waals surface area contributed by atoms with Crippen LogP contribution in [0.25, 0.3) is 0 Å². The predicted octanol–water partition coefficient (Wildman–Crippen LogP) is 3.08. The summed E-state index contributed by atoms with van der Waals surface area (Å²) in [6.45, 7) is 0.853. The summed E-state index contributed by atoms with van der Waals surface area (Å²) in [5.74, 6) is -1.08. The van der Waals surface area contributed by atoms with Gasteiger partial charge in [0.2, 0.25) is 15.9 Å². The van der Waals surface area contributed by atoms with E-state index in [4.69, 9.17) is 11.6 Å². The molecule has 0 bridgehead atoms. The van der Waals surface area contributed by atoms with Gasteiger partial charge in [0.15, 0.2) is 0 Å². The Balaban J connectivity index is 1.56. The van der Waals surface area contributed by atoms with Gasteiger partial charge in [-0.25, -0.2) is 17.2 Å². The van der Waals surface area contributed by atoms with E-state index in [2.05, 4.69) is 0 Å². The molecule has 1 fully saturated rings. The highest BCUT2D eigenvalue weighted by molar-refractivity contribution is 7.89. The Morgan fingerprint density at radius 3 is 2.25 bits per heavy atom. The summed E-state index contributed by atoms with van der Waals surface area (Å²) in [6, 6.07) is 9.27. The van der Waals surface area contributed by atoms with E-state index in [9.17, 15) is 22.0 Å². The van der Waals surface area contributed by atoms with E-state index in [-0.39, 0.29) is 54.2 Å². The highest BCUT2D eigenvalue weighted by atomic mass is 35.5. The lowest BCUT2D eigenvalue weighted by atomic mass is 10.1. The zero-order valence-corrected chi connectivity index (χ0v) is 16.5. The van der Waals surface area contributed by atoms with Crippen LogP contribution in [0.2, 0.25) is 5.02 Å². The van der Waals surface area contributed by atoms with Gasteiger partial charge < -0.3 is 4.90 Å². The molecule has 1 aliphatic rings. The summed E-state index contributed by atoms with van der Waals surface area (Å²) in [5, 5.41) is -0.254. The standard InChI is InChI=1S/C19H19ClF2N2O3S/c20-17-13-16(6-7-18(17)22)28(26,27)24-11-9-23(10-12-24)19(25)8-3-14-1-4-15(21)5-2-14/h1-2,4-7,13H,3,8-12H2. The molecule has 0 aromatic heterocycles. The molecule has 0 atom stereocenters. The van der Waals surface area contributed by atoms with Gasteiger partial charge >= 0.3 is 0 Å². The van der Waals surface area contributed by atoms with Gasteiger partial charge in [-0.1, -0.05) is 23.7 Å². The molecule has 1 saturated heterocycles. The number of hydrogen-bond donors (Lipinski definition) is 0. The number of carbonyl (C=O) groups is 1. The summed E-state index contributed by atoms with van der Waals surface area (Å²) in [6.07, 6.45) is 0.762. The van der Waals surface area contributed by atoms with Gasteiger partial charge in [-0.3, -0.25) is 4.79 Å². The first-order valence-corrected chi connectivity index (χ1v) is 10.6. The molecule has 150 valence electrons. The largest absolute Gasteiger partial charge is 0.340 e. The molecule has 0 saturated carbocycles. The van der Waals surface area contributed by atoms with Gasteiger partial charge in [0.05, 0.1) is 9.92 Å². The topological polar surface area (TPSA) is 57.7 Å². The minimum Gasteiger partial charge on any atom is -0.340 e. The van der Waals surface area contributed by atoms with Crippen molar-refractivity contribution in [3.63, 3.8) is 0 Å². The van der Waals surface area contributed by atoms with Crippen LogP contribution in [-0.2, 0) is 21.2 Å². The minimum atomic E-state index is -3.80. The van der Waals surface area contributed by atoms with Crippen LogP contribution in [0.4, 0.5) is 8.78 Å². The molecular formula is C19H19ClF2N2O3S. The van der Waals surface area contributed by atoms with Gasteiger partial charge in [-0.2, -0.15) is 4.31 Å². The second-order valence-corrected chi connectivity index (χ2v) is 8.83. The number of benzene rings is 2. The zero-order valence-electron chi connectivity index (χ0n) is 14.9. The molecule has 0 unspecified atom stereocenters. The lowest BCUT2D eigenvalue weighted by Gasteiger charge is -2.34. The maximum absolute atomic E-state index is 13.3. The Labute approximate surface area is 167 Å². The van der Waals surface area contributed by atoms with Crippen molar-refractivity contribution >= 4 is 27.5 Å². The molecule has 28 heavy (non-hydrogen) atoms. The third-order valence-corrected chi connectivity index (χ3v) is 6.85. The van der Waals surface area contributed by atoms with E-state index in [1.807, 2.05) is 0 Å². The molecule has 2 aromatic carbocycles. The maximum Gasteiger partial charge on any atom is 0.243 e. The van der Waals surface area contributed by atoms with Gasteiger partial charge in [0.1, 0.15) is 11.6 Å². The van der Waals surface area contributed by atoms with Gasteiger partial charge in [0.25, 0.3) is 0 Å². The first-order valence-electron chi connectivity index (χ1n) is 8.75. The molecule has 1 heterocycles. The lowest BCUT2D eigenvalue weighted by molar-refractivity contribution is -0.132. The van der Waals surface area contributed by atoms with Crippen molar-refractivity contribution in [1.82, 2.24) is 9.21 Å². The number of carbonyl (C=O) groups excluding carboxylic acids is 1. The van der Waals surface area contributed by atoms with Gasteiger partial charge in [-0.05, 0) is 42.3 Å². The van der Waals surface area contributed by atoms with Crippen LogP contribution in [0.1, 0.15) is 12.0 Å². The maximum atomic E-state index is 13.3. The molecule has 0 radical (unpaired) electrons. The molecule has 0 spiro atoms. The second kappa shape index (κ2) is 8.55. The number of rotatable bonds is 5. The van der Waals surface area contributed by atoms with E-state index < -0.39 is 15.8 Å². The fourth-order valence-electron chi connectivity index (χ4n) is 3.02. The first-order chi connectivity index (χ1) is 13.3. The van der Waals surface area contributed by atoms with Crippen molar-refractivity contribution < 1.29 is 22.0 Å². The van der Waals surface area contributed by atoms with Crippen LogP contribution in [0, 0.1) is 11.6 Å². The fraction of sp³-hybridized carbons (Fsp3) is 0.316. The van der Waals surface area contributed by atoms with Crippen molar-refractivity contribution in [1.29, 1.82) is 0 Å². The van der Waals surface area contributed by atoms with E-state index in [1.54, 1.807) is 17.0 Å². The molecule has 3 rings (SSSR count). The van der Waals surface area contributed by atoms with Crippen LogP contribution < -0.4 is 0 Å². The SMILES string of the molecule is O=C(CCc1ccc(F)cc1)N1CCN(S(=O)(=O)c2ccc(F)c(Cl)c2)CC1. The highest BCUT2D eigenvalue weighted by Crippen LogP contribution is 2.23. The van der Waals surface area contributed by atoms with Gasteiger partial charge in [-0.15, -0.1) is 0 Å². The number of piperazine rings is 1. The predicted molar refractivity (Wildman–Crippen MR) is 101 cm³/mol. The number of sulfonamides is 1. The molecule has 0 aliphatic carbocycles. The number of nitrogens with zero attached hydrogens (tertiary/aromatic N) is 2. The van der Waals surface area contributed by atoms with Crippen molar-refractivity contribution in [2.45, 2.75) is 17.7 Å². The number of hydrogen-bond acceptors (Lipinski definition) is 3. The monoisotopic (exact) mass is 428 g/mol. The van der Waals surface area contributed by atoms with Crippen LogP contribution in [0.5, 0.6) is 0 Å². The van der Waals surface area contributed by atoms with Crippen molar-refractivity contribution in [2.75, 3.05) is 26.2 Å². The summed E-state index contributed by atoms with van der Waals surface area (Å²) in [5.41, 5.74) is 0.865. The van der Waals surface area contributed by atoms with Crippen LogP contribution in [0.15, 0.2) is 47.4 Å². The highest BCUT2D eigenvalue weighted by Gasteiger charge is 2.30. The molecule has 9 heteroatoms. The third kappa shape index (κ3) is 4.68. The van der Waals surface area contributed by atoms with Gasteiger partial charge in [0, 0.05) is 32.6 Å². The second-order valence-electron chi connectivity index (χ2n) is 6.49. The molecule has 0 N–H and O–H groups in total.